The third kappa shape index (κ3) is 2.26. The third-order valence-corrected chi connectivity index (χ3v) is 3.51. The van der Waals surface area contributed by atoms with Gasteiger partial charge in [0.25, 0.3) is 0 Å². The van der Waals surface area contributed by atoms with E-state index in [1.165, 1.54) is 5.56 Å². The lowest BCUT2D eigenvalue weighted by atomic mass is 9.84. The first-order valence-electron chi connectivity index (χ1n) is 6.52. The fourth-order valence-electron chi connectivity index (χ4n) is 2.54. The highest BCUT2D eigenvalue weighted by molar-refractivity contribution is 5.97. The van der Waals surface area contributed by atoms with Crippen LogP contribution >= 0.6 is 0 Å². The molecule has 2 aromatic heterocycles. The highest BCUT2D eigenvalue weighted by Crippen LogP contribution is 2.31. The molecule has 1 unspecified atom stereocenters. The molecule has 0 aromatic carbocycles. The van der Waals surface area contributed by atoms with E-state index in [0.29, 0.717) is 5.82 Å². The second kappa shape index (κ2) is 4.88. The van der Waals surface area contributed by atoms with Crippen LogP contribution in [0.25, 0.3) is 0 Å². The first kappa shape index (κ1) is 12.0. The molecule has 19 heavy (non-hydrogen) atoms. The maximum absolute atomic E-state index is 12.5. The molecule has 4 heteroatoms. The number of Topliss-reactive ketones (excluding diaryl/α,β-unsaturated/α-hetero) is 1. The van der Waals surface area contributed by atoms with Crippen molar-refractivity contribution in [3.05, 3.63) is 53.4 Å². The van der Waals surface area contributed by atoms with Crippen molar-refractivity contribution in [2.24, 2.45) is 0 Å². The smallest absolute Gasteiger partial charge is 0.209 e. The summed E-state index contributed by atoms with van der Waals surface area (Å²) in [5.74, 6) is 0.0985. The van der Waals surface area contributed by atoms with Crippen molar-refractivity contribution >= 4 is 5.78 Å². The zero-order chi connectivity index (χ0) is 13.2. The molecule has 1 aliphatic rings. The summed E-state index contributed by atoms with van der Waals surface area (Å²) in [5.41, 5.74) is 3.04. The summed E-state index contributed by atoms with van der Waals surface area (Å²) in [5, 5.41) is 0. The maximum atomic E-state index is 12.5. The van der Waals surface area contributed by atoms with E-state index in [9.17, 15) is 4.79 Å². The first-order valence-corrected chi connectivity index (χ1v) is 6.52. The van der Waals surface area contributed by atoms with Gasteiger partial charge in [-0.1, -0.05) is 6.07 Å². The molecule has 0 N–H and O–H groups in total. The van der Waals surface area contributed by atoms with Crippen molar-refractivity contribution in [2.45, 2.75) is 32.1 Å². The number of rotatable bonds is 2. The minimum absolute atomic E-state index is 0.0142. The molecule has 0 amide bonds. The number of carbonyl (C=O) groups is 1. The van der Waals surface area contributed by atoms with E-state index in [0.717, 1.165) is 30.5 Å². The number of fused-ring (bicyclic) bond motifs is 1. The quantitative estimate of drug-likeness (QED) is 0.771. The number of hydrogen-bond donors (Lipinski definition) is 0. The molecule has 0 saturated heterocycles. The molecule has 4 nitrogen and oxygen atoms in total. The Hall–Kier alpha value is -2.10. The monoisotopic (exact) mass is 253 g/mol. The van der Waals surface area contributed by atoms with Gasteiger partial charge in [0.2, 0.25) is 5.78 Å². The number of carbonyl (C=O) groups excluding carboxylic acids is 1. The Morgan fingerprint density at radius 1 is 1.26 bits per heavy atom. The Bertz CT molecular complexity index is 607. The minimum atomic E-state index is -0.187. The zero-order valence-corrected chi connectivity index (χ0v) is 10.8. The Morgan fingerprint density at radius 2 is 2.05 bits per heavy atom. The molecule has 96 valence electrons. The largest absolute Gasteiger partial charge is 0.290 e. The van der Waals surface area contributed by atoms with Gasteiger partial charge in [-0.3, -0.25) is 9.78 Å². The Kier molecular flexibility index (Phi) is 3.07. The molecular weight excluding hydrogens is 238 g/mol. The summed E-state index contributed by atoms with van der Waals surface area (Å²) >= 11 is 0. The lowest BCUT2D eigenvalue weighted by molar-refractivity contribution is 0.0938. The minimum Gasteiger partial charge on any atom is -0.290 e. The molecule has 0 bridgehead atoms. The number of ketones is 1. The van der Waals surface area contributed by atoms with Crippen molar-refractivity contribution in [3.8, 4) is 0 Å². The summed E-state index contributed by atoms with van der Waals surface area (Å²) in [6.07, 6.45) is 7.97. The number of aryl methyl sites for hydroxylation is 2. The average molecular weight is 253 g/mol. The molecule has 3 rings (SSSR count). The Morgan fingerprint density at radius 3 is 2.84 bits per heavy atom. The predicted molar refractivity (Wildman–Crippen MR) is 71.0 cm³/mol. The summed E-state index contributed by atoms with van der Waals surface area (Å²) in [6, 6.07) is 3.98. The van der Waals surface area contributed by atoms with Gasteiger partial charge in [-0.05, 0) is 43.4 Å². The fourth-order valence-corrected chi connectivity index (χ4v) is 2.54. The summed E-state index contributed by atoms with van der Waals surface area (Å²) < 4.78 is 0. The van der Waals surface area contributed by atoms with Crippen LogP contribution in [0.2, 0.25) is 0 Å². The van der Waals surface area contributed by atoms with Gasteiger partial charge in [-0.15, -0.1) is 0 Å². The molecule has 0 aliphatic heterocycles. The molecular formula is C15H15N3O. The topological polar surface area (TPSA) is 55.7 Å². The molecule has 0 radical (unpaired) electrons. The molecule has 1 aliphatic carbocycles. The highest BCUT2D eigenvalue weighted by Gasteiger charge is 2.29. The highest BCUT2D eigenvalue weighted by atomic mass is 16.1. The van der Waals surface area contributed by atoms with Crippen LogP contribution in [0.5, 0.6) is 0 Å². The molecule has 2 aromatic rings. The van der Waals surface area contributed by atoms with Crippen molar-refractivity contribution < 1.29 is 4.79 Å². The Balaban J connectivity index is 1.95. The summed E-state index contributed by atoms with van der Waals surface area (Å²) in [6.45, 7) is 1.91. The van der Waals surface area contributed by atoms with Gasteiger partial charge in [-0.2, -0.15) is 0 Å². The predicted octanol–water partition coefficient (Wildman–Crippen LogP) is 2.48. The first-order chi connectivity index (χ1) is 9.25. The van der Waals surface area contributed by atoms with Gasteiger partial charge in [0.1, 0.15) is 0 Å². The van der Waals surface area contributed by atoms with Crippen molar-refractivity contribution in [3.63, 3.8) is 0 Å². The number of hydrogen-bond acceptors (Lipinski definition) is 4. The molecule has 2 heterocycles. The van der Waals surface area contributed by atoms with E-state index in [1.54, 1.807) is 18.6 Å². The van der Waals surface area contributed by atoms with Crippen LogP contribution in [0, 0.1) is 6.92 Å². The van der Waals surface area contributed by atoms with Crippen molar-refractivity contribution in [2.75, 3.05) is 0 Å². The second-order valence-electron chi connectivity index (χ2n) is 4.94. The van der Waals surface area contributed by atoms with E-state index in [4.69, 9.17) is 0 Å². The normalized spacial score (nSPS) is 17.8. The van der Waals surface area contributed by atoms with Crippen LogP contribution in [0.4, 0.5) is 0 Å². The van der Waals surface area contributed by atoms with E-state index >= 15 is 0 Å². The van der Waals surface area contributed by atoms with E-state index in [2.05, 4.69) is 21.0 Å². The van der Waals surface area contributed by atoms with Crippen LogP contribution in [0.1, 0.15) is 46.2 Å². The van der Waals surface area contributed by atoms with E-state index in [1.807, 2.05) is 13.0 Å². The number of pyridine rings is 1. The fraction of sp³-hybridized carbons (Fsp3) is 0.333. The molecule has 0 spiro atoms. The lowest BCUT2D eigenvalue weighted by Crippen LogP contribution is -2.21. The van der Waals surface area contributed by atoms with Crippen LogP contribution in [0.3, 0.4) is 0 Å². The second-order valence-corrected chi connectivity index (χ2v) is 4.94. The van der Waals surface area contributed by atoms with Crippen LogP contribution in [0.15, 0.2) is 30.7 Å². The van der Waals surface area contributed by atoms with Crippen molar-refractivity contribution in [1.29, 1.82) is 0 Å². The molecule has 0 fully saturated rings. The van der Waals surface area contributed by atoms with E-state index in [-0.39, 0.29) is 11.7 Å². The maximum Gasteiger partial charge on any atom is 0.209 e. The van der Waals surface area contributed by atoms with Crippen LogP contribution in [-0.2, 0) is 6.42 Å². The SMILES string of the molecule is Cc1cnc(C(=O)C2CCCc3cccnc32)nc1. The van der Waals surface area contributed by atoms with Gasteiger partial charge in [0, 0.05) is 18.6 Å². The zero-order valence-electron chi connectivity index (χ0n) is 10.8. The van der Waals surface area contributed by atoms with Crippen molar-refractivity contribution in [1.82, 2.24) is 15.0 Å². The molecule has 0 saturated carbocycles. The van der Waals surface area contributed by atoms with Gasteiger partial charge in [0.15, 0.2) is 5.82 Å². The van der Waals surface area contributed by atoms with Crippen LogP contribution < -0.4 is 0 Å². The van der Waals surface area contributed by atoms with Gasteiger partial charge in [-0.25, -0.2) is 9.97 Å². The third-order valence-electron chi connectivity index (χ3n) is 3.51. The number of nitrogens with zero attached hydrogens (tertiary/aromatic N) is 3. The van der Waals surface area contributed by atoms with E-state index < -0.39 is 0 Å². The van der Waals surface area contributed by atoms with Gasteiger partial charge in [0.05, 0.1) is 11.6 Å². The van der Waals surface area contributed by atoms with Gasteiger partial charge < -0.3 is 0 Å². The van der Waals surface area contributed by atoms with Gasteiger partial charge >= 0.3 is 0 Å². The molecule has 1 atom stereocenters. The summed E-state index contributed by atoms with van der Waals surface area (Å²) in [4.78, 5) is 25.2. The lowest BCUT2D eigenvalue weighted by Gasteiger charge is -2.22. The Labute approximate surface area is 111 Å². The number of aromatic nitrogens is 3. The average Bonchev–Trinajstić information content (AvgIpc) is 2.47. The summed E-state index contributed by atoms with van der Waals surface area (Å²) in [7, 11) is 0. The standard InChI is InChI=1S/C15H15N3O/c1-10-8-17-15(18-9-10)14(19)12-6-2-4-11-5-3-7-16-13(11)12/h3,5,7-9,12H,2,4,6H2,1H3. The van der Waals surface area contributed by atoms with Crippen LogP contribution in [-0.4, -0.2) is 20.7 Å².